The molecule has 0 spiro atoms. The minimum absolute atomic E-state index is 0.158. The number of fused-ring (bicyclic) bond motifs is 1. The second kappa shape index (κ2) is 3.30. The van der Waals surface area contributed by atoms with Crippen LogP contribution in [-0.4, -0.2) is 12.2 Å². The molecule has 0 radical (unpaired) electrons. The van der Waals surface area contributed by atoms with Crippen molar-refractivity contribution in [3.05, 3.63) is 24.8 Å². The quantitative estimate of drug-likeness (QED) is 0.603. The molecule has 1 nitrogen and oxygen atoms in total. The zero-order valence-electron chi connectivity index (χ0n) is 8.22. The number of ether oxygens (including phenoxy) is 1. The van der Waals surface area contributed by atoms with E-state index in [1.165, 1.54) is 31.3 Å². The van der Waals surface area contributed by atoms with Crippen molar-refractivity contribution in [2.75, 3.05) is 6.61 Å². The van der Waals surface area contributed by atoms with Gasteiger partial charge in [0.1, 0.15) is 0 Å². The molecule has 0 N–H and O–H groups in total. The third kappa shape index (κ3) is 1.46. The van der Waals surface area contributed by atoms with Crippen molar-refractivity contribution < 1.29 is 4.74 Å². The lowest BCUT2D eigenvalue weighted by molar-refractivity contribution is -0.0425. The second-order valence-corrected chi connectivity index (χ2v) is 4.38. The first-order valence-electron chi connectivity index (χ1n) is 5.18. The summed E-state index contributed by atoms with van der Waals surface area (Å²) in [7, 11) is 0. The molecule has 0 aromatic carbocycles. The molecule has 0 amide bonds. The van der Waals surface area contributed by atoms with Crippen molar-refractivity contribution in [1.29, 1.82) is 0 Å². The predicted molar refractivity (Wildman–Crippen MR) is 54.6 cm³/mol. The molecular formula is C12H18O. The second-order valence-electron chi connectivity index (χ2n) is 4.38. The first kappa shape index (κ1) is 9.01. The van der Waals surface area contributed by atoms with E-state index in [-0.39, 0.29) is 5.60 Å². The van der Waals surface area contributed by atoms with Gasteiger partial charge in [0.05, 0.1) is 12.2 Å². The molecule has 2 aliphatic carbocycles. The standard InChI is InChI=1S/C12H18O/c1-3-7-13-12-6-4-5-11(12)8-10(2)9-12/h3,11H,1-2,4-9H2. The fourth-order valence-corrected chi connectivity index (χ4v) is 2.95. The first-order valence-corrected chi connectivity index (χ1v) is 5.18. The van der Waals surface area contributed by atoms with Crippen molar-refractivity contribution >= 4 is 0 Å². The zero-order chi connectivity index (χ0) is 9.31. The summed E-state index contributed by atoms with van der Waals surface area (Å²) in [4.78, 5) is 0. The van der Waals surface area contributed by atoms with E-state index in [0.717, 1.165) is 12.3 Å². The smallest absolute Gasteiger partial charge is 0.0754 e. The van der Waals surface area contributed by atoms with E-state index in [0.29, 0.717) is 6.61 Å². The molecule has 0 aromatic rings. The van der Waals surface area contributed by atoms with E-state index in [2.05, 4.69) is 13.2 Å². The van der Waals surface area contributed by atoms with Crippen LogP contribution < -0.4 is 0 Å². The zero-order valence-corrected chi connectivity index (χ0v) is 8.22. The molecule has 2 fully saturated rings. The molecule has 0 heterocycles. The Hall–Kier alpha value is -0.560. The summed E-state index contributed by atoms with van der Waals surface area (Å²) < 4.78 is 5.96. The summed E-state index contributed by atoms with van der Waals surface area (Å²) in [5.74, 6) is 0.750. The maximum atomic E-state index is 5.96. The van der Waals surface area contributed by atoms with Crippen molar-refractivity contribution in [3.8, 4) is 0 Å². The Morgan fingerprint density at radius 1 is 1.62 bits per heavy atom. The molecule has 0 saturated heterocycles. The molecule has 0 aliphatic heterocycles. The Morgan fingerprint density at radius 3 is 3.23 bits per heavy atom. The third-order valence-corrected chi connectivity index (χ3v) is 3.47. The monoisotopic (exact) mass is 178 g/mol. The Labute approximate surface area is 80.5 Å². The maximum Gasteiger partial charge on any atom is 0.0754 e. The van der Waals surface area contributed by atoms with Gasteiger partial charge >= 0.3 is 0 Å². The van der Waals surface area contributed by atoms with Crippen LogP contribution in [0.2, 0.25) is 0 Å². The Bertz CT molecular complexity index is 231. The van der Waals surface area contributed by atoms with Crippen LogP contribution in [0.5, 0.6) is 0 Å². The molecule has 2 unspecified atom stereocenters. The predicted octanol–water partition coefficient (Wildman–Crippen LogP) is 3.08. The van der Waals surface area contributed by atoms with E-state index in [1.54, 1.807) is 0 Å². The SMILES string of the molecule is C=CCOC12CCCC1CC(=C)C2. The van der Waals surface area contributed by atoms with Crippen LogP contribution in [0.3, 0.4) is 0 Å². The minimum atomic E-state index is 0.158. The van der Waals surface area contributed by atoms with Gasteiger partial charge in [0.25, 0.3) is 0 Å². The van der Waals surface area contributed by atoms with Crippen LogP contribution >= 0.6 is 0 Å². The van der Waals surface area contributed by atoms with Gasteiger partial charge in [0, 0.05) is 0 Å². The minimum Gasteiger partial charge on any atom is -0.370 e. The molecule has 13 heavy (non-hydrogen) atoms. The number of hydrogen-bond donors (Lipinski definition) is 0. The van der Waals surface area contributed by atoms with E-state index in [9.17, 15) is 0 Å². The highest BCUT2D eigenvalue weighted by molar-refractivity contribution is 5.16. The van der Waals surface area contributed by atoms with Gasteiger partial charge in [-0.15, -0.1) is 6.58 Å². The summed E-state index contributed by atoms with van der Waals surface area (Å²) in [6.07, 6.45) is 8.02. The Kier molecular flexibility index (Phi) is 2.29. The van der Waals surface area contributed by atoms with Gasteiger partial charge in [0.2, 0.25) is 0 Å². The summed E-state index contributed by atoms with van der Waals surface area (Å²) in [6.45, 7) is 8.49. The topological polar surface area (TPSA) is 9.23 Å². The maximum absolute atomic E-state index is 5.96. The molecule has 2 rings (SSSR count). The first-order chi connectivity index (χ1) is 6.27. The van der Waals surface area contributed by atoms with E-state index >= 15 is 0 Å². The highest BCUT2D eigenvalue weighted by atomic mass is 16.5. The summed E-state index contributed by atoms with van der Waals surface area (Å²) >= 11 is 0. The lowest BCUT2D eigenvalue weighted by Crippen LogP contribution is -2.32. The van der Waals surface area contributed by atoms with Crippen LogP contribution in [-0.2, 0) is 4.74 Å². The van der Waals surface area contributed by atoms with E-state index in [1.807, 2.05) is 6.08 Å². The molecule has 72 valence electrons. The number of rotatable bonds is 3. The molecular weight excluding hydrogens is 160 g/mol. The van der Waals surface area contributed by atoms with Crippen LogP contribution in [0.25, 0.3) is 0 Å². The van der Waals surface area contributed by atoms with Crippen molar-refractivity contribution in [3.63, 3.8) is 0 Å². The highest BCUT2D eigenvalue weighted by Gasteiger charge is 2.48. The van der Waals surface area contributed by atoms with Crippen LogP contribution in [0, 0.1) is 5.92 Å². The molecule has 2 saturated carbocycles. The van der Waals surface area contributed by atoms with Gasteiger partial charge in [-0.25, -0.2) is 0 Å². The lowest BCUT2D eigenvalue weighted by Gasteiger charge is -2.28. The Balaban J connectivity index is 2.08. The van der Waals surface area contributed by atoms with E-state index in [4.69, 9.17) is 4.74 Å². The average molecular weight is 178 g/mol. The summed E-state index contributed by atoms with van der Waals surface area (Å²) in [5, 5.41) is 0. The Morgan fingerprint density at radius 2 is 2.46 bits per heavy atom. The fourth-order valence-electron chi connectivity index (χ4n) is 2.95. The van der Waals surface area contributed by atoms with Crippen LogP contribution in [0.1, 0.15) is 32.1 Å². The van der Waals surface area contributed by atoms with Gasteiger partial charge < -0.3 is 4.74 Å². The largest absolute Gasteiger partial charge is 0.370 e. The third-order valence-electron chi connectivity index (χ3n) is 3.47. The van der Waals surface area contributed by atoms with E-state index < -0.39 is 0 Å². The summed E-state index contributed by atoms with van der Waals surface area (Å²) in [6, 6.07) is 0. The van der Waals surface area contributed by atoms with Crippen molar-refractivity contribution in [2.45, 2.75) is 37.7 Å². The van der Waals surface area contributed by atoms with Gasteiger partial charge in [-0.3, -0.25) is 0 Å². The molecule has 2 atom stereocenters. The van der Waals surface area contributed by atoms with Crippen LogP contribution in [0.4, 0.5) is 0 Å². The normalized spacial score (nSPS) is 37.8. The average Bonchev–Trinajstić information content (AvgIpc) is 2.57. The van der Waals surface area contributed by atoms with Crippen LogP contribution in [0.15, 0.2) is 24.8 Å². The van der Waals surface area contributed by atoms with Gasteiger partial charge in [-0.2, -0.15) is 0 Å². The molecule has 0 bridgehead atoms. The van der Waals surface area contributed by atoms with Gasteiger partial charge in [-0.05, 0) is 31.6 Å². The molecule has 2 aliphatic rings. The summed E-state index contributed by atoms with van der Waals surface area (Å²) in [5.41, 5.74) is 1.54. The molecule has 1 heteroatoms. The van der Waals surface area contributed by atoms with Gasteiger partial charge in [-0.1, -0.05) is 24.6 Å². The fraction of sp³-hybridized carbons (Fsp3) is 0.667. The molecule has 0 aromatic heterocycles. The lowest BCUT2D eigenvalue weighted by atomic mass is 9.94. The van der Waals surface area contributed by atoms with Crippen molar-refractivity contribution in [2.24, 2.45) is 5.92 Å². The highest BCUT2D eigenvalue weighted by Crippen LogP contribution is 2.51. The number of hydrogen-bond acceptors (Lipinski definition) is 1. The van der Waals surface area contributed by atoms with Crippen molar-refractivity contribution in [1.82, 2.24) is 0 Å². The van der Waals surface area contributed by atoms with Gasteiger partial charge in [0.15, 0.2) is 0 Å².